The number of aliphatic hydroxyl groups is 1. The van der Waals surface area contributed by atoms with Gasteiger partial charge in [-0.3, -0.25) is 14.7 Å². The summed E-state index contributed by atoms with van der Waals surface area (Å²) >= 11 is 0. The highest BCUT2D eigenvalue weighted by Gasteiger charge is 2.22. The summed E-state index contributed by atoms with van der Waals surface area (Å²) in [6.07, 6.45) is 5.21. The Balaban J connectivity index is 1.50. The van der Waals surface area contributed by atoms with Gasteiger partial charge in [0.05, 0.1) is 5.60 Å². The lowest BCUT2D eigenvalue weighted by molar-refractivity contribution is 0.0627. The number of piperazine rings is 1. The molecule has 0 aliphatic carbocycles. The highest BCUT2D eigenvalue weighted by atomic mass is 16.3. The van der Waals surface area contributed by atoms with E-state index in [0.29, 0.717) is 6.42 Å². The smallest absolute Gasteiger partial charge is 0.253 e. The molecule has 1 saturated heterocycles. The minimum atomic E-state index is -0.663. The molecule has 1 aliphatic rings. The van der Waals surface area contributed by atoms with Gasteiger partial charge in [0.25, 0.3) is 5.91 Å². The lowest BCUT2D eigenvalue weighted by atomic mass is 9.98. The predicted octanol–water partition coefficient (Wildman–Crippen LogP) is 2.74. The van der Waals surface area contributed by atoms with Gasteiger partial charge in [0.15, 0.2) is 0 Å². The number of hydrogen-bond donors (Lipinski definition) is 1. The number of benzene rings is 1. The first-order valence-corrected chi connectivity index (χ1v) is 9.62. The van der Waals surface area contributed by atoms with Crippen molar-refractivity contribution in [3.05, 3.63) is 65.5 Å². The molecule has 0 bridgehead atoms. The Morgan fingerprint density at radius 1 is 1.07 bits per heavy atom. The van der Waals surface area contributed by atoms with Gasteiger partial charge in [-0.05, 0) is 56.0 Å². The normalized spacial score (nSPS) is 15.7. The third-order valence-corrected chi connectivity index (χ3v) is 5.01. The molecule has 0 unspecified atom stereocenters. The van der Waals surface area contributed by atoms with E-state index >= 15 is 0 Å². The van der Waals surface area contributed by atoms with E-state index in [1.54, 1.807) is 6.20 Å². The van der Waals surface area contributed by atoms with Gasteiger partial charge in [-0.15, -0.1) is 0 Å². The van der Waals surface area contributed by atoms with Crippen LogP contribution < -0.4 is 0 Å². The first-order valence-electron chi connectivity index (χ1n) is 9.62. The van der Waals surface area contributed by atoms with E-state index in [9.17, 15) is 9.90 Å². The van der Waals surface area contributed by atoms with Crippen molar-refractivity contribution in [2.75, 3.05) is 26.2 Å². The average molecular weight is 367 g/mol. The first-order chi connectivity index (χ1) is 12.9. The van der Waals surface area contributed by atoms with Gasteiger partial charge in [-0.2, -0.15) is 0 Å². The molecule has 2 heterocycles. The molecule has 27 heavy (non-hydrogen) atoms. The van der Waals surface area contributed by atoms with Crippen LogP contribution in [0.5, 0.6) is 0 Å². The van der Waals surface area contributed by atoms with Gasteiger partial charge in [-0.25, -0.2) is 0 Å². The Morgan fingerprint density at radius 3 is 2.37 bits per heavy atom. The van der Waals surface area contributed by atoms with Gasteiger partial charge in [0.2, 0.25) is 0 Å². The predicted molar refractivity (Wildman–Crippen MR) is 106 cm³/mol. The molecule has 144 valence electrons. The summed E-state index contributed by atoms with van der Waals surface area (Å²) in [6.45, 7) is 7.77. The molecule has 0 radical (unpaired) electrons. The van der Waals surface area contributed by atoms with Crippen molar-refractivity contribution in [1.82, 2.24) is 14.8 Å². The lowest BCUT2D eigenvalue weighted by Gasteiger charge is -2.34. The molecule has 0 saturated carbocycles. The molecular weight excluding hydrogens is 338 g/mol. The van der Waals surface area contributed by atoms with E-state index in [1.165, 1.54) is 5.56 Å². The van der Waals surface area contributed by atoms with Crippen LogP contribution in [0, 0.1) is 0 Å². The fraction of sp³-hybridized carbons (Fsp3) is 0.455. The van der Waals surface area contributed by atoms with Gasteiger partial charge in [-0.1, -0.05) is 18.2 Å². The molecule has 1 N–H and O–H groups in total. The second-order valence-electron chi connectivity index (χ2n) is 7.94. The van der Waals surface area contributed by atoms with E-state index in [2.05, 4.69) is 16.0 Å². The van der Waals surface area contributed by atoms with Crippen LogP contribution in [0.1, 0.15) is 41.8 Å². The highest BCUT2D eigenvalue weighted by Crippen LogP contribution is 2.16. The van der Waals surface area contributed by atoms with Crippen molar-refractivity contribution in [2.24, 2.45) is 0 Å². The minimum Gasteiger partial charge on any atom is -0.390 e. The maximum atomic E-state index is 12.8. The third-order valence-electron chi connectivity index (χ3n) is 5.01. The molecule has 3 rings (SSSR count). The standard InChI is InChI=1S/C22H29N3O2/c1-22(2,27)10-9-18-5-7-20(8-6-18)21(26)25-14-12-24(13-15-25)17-19-4-3-11-23-16-19/h3-8,11,16,27H,9-10,12-15,17H2,1-2H3. The largest absolute Gasteiger partial charge is 0.390 e. The number of aromatic nitrogens is 1. The Labute approximate surface area is 161 Å². The molecule has 5 nitrogen and oxygen atoms in total. The molecule has 5 heteroatoms. The topological polar surface area (TPSA) is 56.7 Å². The zero-order chi connectivity index (χ0) is 19.3. The molecule has 1 aromatic heterocycles. The number of pyridine rings is 1. The Morgan fingerprint density at radius 2 is 1.78 bits per heavy atom. The van der Waals surface area contributed by atoms with E-state index in [0.717, 1.165) is 50.3 Å². The van der Waals surface area contributed by atoms with Gasteiger partial charge < -0.3 is 10.0 Å². The zero-order valence-corrected chi connectivity index (χ0v) is 16.3. The Hall–Kier alpha value is -2.24. The van der Waals surface area contributed by atoms with Crippen molar-refractivity contribution < 1.29 is 9.90 Å². The molecule has 1 fully saturated rings. The monoisotopic (exact) mass is 367 g/mol. The molecule has 1 aliphatic heterocycles. The fourth-order valence-corrected chi connectivity index (χ4v) is 3.31. The SMILES string of the molecule is CC(C)(O)CCc1ccc(C(=O)N2CCN(Cc3cccnc3)CC2)cc1. The summed E-state index contributed by atoms with van der Waals surface area (Å²) in [4.78, 5) is 21.2. The Bertz CT molecular complexity index is 730. The summed E-state index contributed by atoms with van der Waals surface area (Å²) in [6, 6.07) is 11.9. The van der Waals surface area contributed by atoms with Crippen LogP contribution in [-0.4, -0.2) is 57.6 Å². The fourth-order valence-electron chi connectivity index (χ4n) is 3.31. The van der Waals surface area contributed by atoms with Crippen molar-refractivity contribution >= 4 is 5.91 Å². The van der Waals surface area contributed by atoms with Crippen LogP contribution in [-0.2, 0) is 13.0 Å². The first kappa shape index (κ1) is 19.5. The van der Waals surface area contributed by atoms with Crippen LogP contribution >= 0.6 is 0 Å². The average Bonchev–Trinajstić information content (AvgIpc) is 2.67. The minimum absolute atomic E-state index is 0.102. The van der Waals surface area contributed by atoms with Crippen molar-refractivity contribution in [1.29, 1.82) is 0 Å². The maximum absolute atomic E-state index is 12.8. The number of aryl methyl sites for hydroxylation is 1. The molecule has 2 aromatic rings. The molecule has 1 aromatic carbocycles. The quantitative estimate of drug-likeness (QED) is 0.853. The third kappa shape index (κ3) is 5.88. The van der Waals surface area contributed by atoms with Crippen LogP contribution in [0.3, 0.4) is 0 Å². The number of rotatable bonds is 6. The summed E-state index contributed by atoms with van der Waals surface area (Å²) < 4.78 is 0. The van der Waals surface area contributed by atoms with Crippen molar-refractivity contribution in [3.8, 4) is 0 Å². The van der Waals surface area contributed by atoms with Crippen LogP contribution in [0.2, 0.25) is 0 Å². The summed E-state index contributed by atoms with van der Waals surface area (Å²) in [7, 11) is 0. The highest BCUT2D eigenvalue weighted by molar-refractivity contribution is 5.94. The summed E-state index contributed by atoms with van der Waals surface area (Å²) in [5, 5.41) is 9.84. The summed E-state index contributed by atoms with van der Waals surface area (Å²) in [5.74, 6) is 0.102. The number of amides is 1. The van der Waals surface area contributed by atoms with Gasteiger partial charge in [0, 0.05) is 50.7 Å². The second kappa shape index (κ2) is 8.63. The van der Waals surface area contributed by atoms with Crippen LogP contribution in [0.4, 0.5) is 0 Å². The molecular formula is C22H29N3O2. The van der Waals surface area contributed by atoms with E-state index in [-0.39, 0.29) is 5.91 Å². The zero-order valence-electron chi connectivity index (χ0n) is 16.3. The summed E-state index contributed by atoms with van der Waals surface area (Å²) in [5.41, 5.74) is 2.43. The van der Waals surface area contributed by atoms with Crippen molar-refractivity contribution in [3.63, 3.8) is 0 Å². The number of nitrogens with zero attached hydrogens (tertiary/aromatic N) is 3. The van der Waals surface area contributed by atoms with Gasteiger partial charge >= 0.3 is 0 Å². The van der Waals surface area contributed by atoms with E-state index < -0.39 is 5.60 Å². The molecule has 0 atom stereocenters. The molecule has 1 amide bonds. The number of carbonyl (C=O) groups excluding carboxylic acids is 1. The lowest BCUT2D eigenvalue weighted by Crippen LogP contribution is -2.48. The number of carbonyl (C=O) groups is 1. The molecule has 0 spiro atoms. The van der Waals surface area contributed by atoms with Crippen molar-refractivity contribution in [2.45, 2.75) is 38.8 Å². The van der Waals surface area contributed by atoms with E-state index in [4.69, 9.17) is 0 Å². The second-order valence-corrected chi connectivity index (χ2v) is 7.94. The number of hydrogen-bond acceptors (Lipinski definition) is 4. The maximum Gasteiger partial charge on any atom is 0.253 e. The van der Waals surface area contributed by atoms with Crippen LogP contribution in [0.25, 0.3) is 0 Å². The van der Waals surface area contributed by atoms with Crippen LogP contribution in [0.15, 0.2) is 48.8 Å². The Kier molecular flexibility index (Phi) is 6.24. The van der Waals surface area contributed by atoms with Gasteiger partial charge in [0.1, 0.15) is 0 Å². The van der Waals surface area contributed by atoms with E-state index in [1.807, 2.05) is 55.3 Å².